The summed E-state index contributed by atoms with van der Waals surface area (Å²) in [4.78, 5) is 0. The molecule has 0 heterocycles. The topological polar surface area (TPSA) is 0 Å². The lowest BCUT2D eigenvalue weighted by molar-refractivity contribution is 1.09. The van der Waals surface area contributed by atoms with Gasteiger partial charge in [0.15, 0.2) is 0 Å². The summed E-state index contributed by atoms with van der Waals surface area (Å²) in [6.45, 7) is 14.5. The molecule has 0 aromatic heterocycles. The van der Waals surface area contributed by atoms with Gasteiger partial charge in [0.25, 0.3) is 0 Å². The molecule has 0 bridgehead atoms. The molecule has 0 spiro atoms. The van der Waals surface area contributed by atoms with Gasteiger partial charge in [-0.05, 0) is 37.0 Å². The molecule has 0 fully saturated rings. The van der Waals surface area contributed by atoms with E-state index in [2.05, 4.69) is 39.0 Å². The summed E-state index contributed by atoms with van der Waals surface area (Å²) in [5, 5.41) is 0. The van der Waals surface area contributed by atoms with Crippen LogP contribution in [-0.2, 0) is 6.42 Å². The van der Waals surface area contributed by atoms with E-state index in [0.29, 0.717) is 0 Å². The van der Waals surface area contributed by atoms with E-state index < -0.39 is 0 Å². The average Bonchev–Trinajstić information content (AvgIpc) is 2.28. The predicted octanol–water partition coefficient (Wildman–Crippen LogP) is 5.55. The Bertz CT molecular complexity index is 223. The highest BCUT2D eigenvalue weighted by molar-refractivity contribution is 5.32. The first-order chi connectivity index (χ1) is 6.75. The van der Waals surface area contributed by atoms with Crippen molar-refractivity contribution in [1.82, 2.24) is 0 Å². The van der Waals surface area contributed by atoms with Gasteiger partial charge in [-0.25, -0.2) is 0 Å². The Morgan fingerprint density at radius 1 is 0.933 bits per heavy atom. The van der Waals surface area contributed by atoms with Crippen LogP contribution in [0.3, 0.4) is 0 Å². The van der Waals surface area contributed by atoms with E-state index in [-0.39, 0.29) is 7.43 Å². The van der Waals surface area contributed by atoms with Gasteiger partial charge in [0, 0.05) is 0 Å². The van der Waals surface area contributed by atoms with Crippen molar-refractivity contribution in [2.75, 3.05) is 0 Å². The van der Waals surface area contributed by atoms with Gasteiger partial charge in [-0.2, -0.15) is 0 Å². The molecule has 0 amide bonds. The quantitative estimate of drug-likeness (QED) is 0.569. The Morgan fingerprint density at radius 2 is 1.40 bits per heavy atom. The summed E-state index contributed by atoms with van der Waals surface area (Å²) >= 11 is 0. The van der Waals surface area contributed by atoms with Crippen LogP contribution in [0.1, 0.15) is 58.7 Å². The van der Waals surface area contributed by atoms with Gasteiger partial charge >= 0.3 is 0 Å². The molecule has 0 atom stereocenters. The summed E-state index contributed by atoms with van der Waals surface area (Å²) in [5.74, 6) is 0. The number of hydrogen-bond acceptors (Lipinski definition) is 0. The smallest absolute Gasteiger partial charge is 0.0305 e. The fourth-order valence-corrected chi connectivity index (χ4v) is 1.19. The Balaban J connectivity index is -0.000000258. The monoisotopic (exact) mass is 210 g/mol. The molecule has 1 aromatic carbocycles. The lowest BCUT2D eigenvalue weighted by atomic mass is 10.0. The lowest BCUT2D eigenvalue weighted by Gasteiger charge is -2.04. The van der Waals surface area contributed by atoms with Gasteiger partial charge in [0.2, 0.25) is 0 Å². The third kappa shape index (κ3) is 7.18. The first kappa shape index (κ1) is 19.7. The maximum absolute atomic E-state index is 2.20. The lowest BCUT2D eigenvalue weighted by Crippen LogP contribution is -1.88. The van der Waals surface area contributed by atoms with Crippen LogP contribution in [-0.4, -0.2) is 0 Å². The van der Waals surface area contributed by atoms with Crippen molar-refractivity contribution in [3.63, 3.8) is 0 Å². The van der Waals surface area contributed by atoms with Crippen molar-refractivity contribution in [1.29, 1.82) is 0 Å². The molecule has 0 heteroatoms. The molecular weight excluding hydrogens is 180 g/mol. The Hall–Kier alpha value is -0.780. The highest BCUT2D eigenvalue weighted by Crippen LogP contribution is 2.12. The number of hydrogen-bond donors (Lipinski definition) is 0. The van der Waals surface area contributed by atoms with E-state index >= 15 is 0 Å². The second-order valence-corrected chi connectivity index (χ2v) is 2.71. The molecule has 0 aliphatic rings. The molecule has 15 heavy (non-hydrogen) atoms. The van der Waals surface area contributed by atoms with Crippen molar-refractivity contribution < 1.29 is 0 Å². The normalized spacial score (nSPS) is 7.40. The van der Waals surface area contributed by atoms with Crippen molar-refractivity contribution in [3.05, 3.63) is 34.9 Å². The molecule has 1 rings (SSSR count). The standard InChI is InChI=1S/C10H14.2C2H6.CH4/c1-4-10-7-5-6-8(2)9(10)3;2*1-2;/h5-7H,4H2,1-3H3;2*1-2H3;1H4. The third-order valence-corrected chi connectivity index (χ3v) is 2.10. The SMILES string of the molecule is C.CC.CC.CCc1cccc(C)c1C. The molecular formula is C15H30. The van der Waals surface area contributed by atoms with E-state index in [1.54, 1.807) is 0 Å². The fraction of sp³-hybridized carbons (Fsp3) is 0.600. The minimum absolute atomic E-state index is 0. The average molecular weight is 210 g/mol. The van der Waals surface area contributed by atoms with Crippen LogP contribution in [0.5, 0.6) is 0 Å². The maximum atomic E-state index is 2.20. The molecule has 0 unspecified atom stereocenters. The highest BCUT2D eigenvalue weighted by Gasteiger charge is 1.95. The Morgan fingerprint density at radius 3 is 1.73 bits per heavy atom. The van der Waals surface area contributed by atoms with E-state index in [4.69, 9.17) is 0 Å². The van der Waals surface area contributed by atoms with Crippen LogP contribution in [0.2, 0.25) is 0 Å². The maximum Gasteiger partial charge on any atom is -0.0305 e. The zero-order chi connectivity index (χ0) is 11.6. The van der Waals surface area contributed by atoms with E-state index in [9.17, 15) is 0 Å². The summed E-state index contributed by atoms with van der Waals surface area (Å²) in [7, 11) is 0. The number of benzene rings is 1. The van der Waals surface area contributed by atoms with Crippen molar-refractivity contribution >= 4 is 0 Å². The van der Waals surface area contributed by atoms with E-state index in [1.165, 1.54) is 16.7 Å². The third-order valence-electron chi connectivity index (χ3n) is 2.10. The van der Waals surface area contributed by atoms with Gasteiger partial charge < -0.3 is 0 Å². The molecule has 0 aliphatic heterocycles. The van der Waals surface area contributed by atoms with Crippen LogP contribution in [0.15, 0.2) is 18.2 Å². The van der Waals surface area contributed by atoms with Crippen molar-refractivity contribution in [2.45, 2.75) is 62.3 Å². The second-order valence-electron chi connectivity index (χ2n) is 2.71. The molecule has 90 valence electrons. The molecule has 0 aliphatic carbocycles. The van der Waals surface area contributed by atoms with E-state index in [1.807, 2.05) is 27.7 Å². The molecule has 0 N–H and O–H groups in total. The highest BCUT2D eigenvalue weighted by atomic mass is 14.0. The Labute approximate surface area is 97.7 Å². The van der Waals surface area contributed by atoms with E-state index in [0.717, 1.165) is 6.42 Å². The second kappa shape index (κ2) is 13.2. The first-order valence-electron chi connectivity index (χ1n) is 5.80. The minimum atomic E-state index is 0. The van der Waals surface area contributed by atoms with Crippen LogP contribution in [0, 0.1) is 13.8 Å². The molecule has 0 radical (unpaired) electrons. The minimum Gasteiger partial charge on any atom is -0.0776 e. The fourth-order valence-electron chi connectivity index (χ4n) is 1.19. The molecule has 1 aromatic rings. The summed E-state index contributed by atoms with van der Waals surface area (Å²) in [6, 6.07) is 6.48. The van der Waals surface area contributed by atoms with Gasteiger partial charge in [0.05, 0.1) is 0 Å². The predicted molar refractivity (Wildman–Crippen MR) is 74.7 cm³/mol. The van der Waals surface area contributed by atoms with Gasteiger partial charge in [0.1, 0.15) is 0 Å². The van der Waals surface area contributed by atoms with Crippen LogP contribution >= 0.6 is 0 Å². The van der Waals surface area contributed by atoms with Crippen LogP contribution in [0.25, 0.3) is 0 Å². The Kier molecular flexibility index (Phi) is 17.4. The largest absolute Gasteiger partial charge is 0.0776 e. The van der Waals surface area contributed by atoms with Crippen LogP contribution < -0.4 is 0 Å². The van der Waals surface area contributed by atoms with Crippen LogP contribution in [0.4, 0.5) is 0 Å². The molecule has 0 saturated heterocycles. The summed E-state index contributed by atoms with van der Waals surface area (Å²) in [5.41, 5.74) is 4.32. The van der Waals surface area contributed by atoms with Crippen molar-refractivity contribution in [3.8, 4) is 0 Å². The van der Waals surface area contributed by atoms with Crippen molar-refractivity contribution in [2.24, 2.45) is 0 Å². The number of rotatable bonds is 1. The number of aryl methyl sites for hydroxylation is 2. The summed E-state index contributed by atoms with van der Waals surface area (Å²) < 4.78 is 0. The van der Waals surface area contributed by atoms with Gasteiger partial charge in [-0.3, -0.25) is 0 Å². The van der Waals surface area contributed by atoms with Gasteiger partial charge in [-0.1, -0.05) is 60.2 Å². The zero-order valence-corrected chi connectivity index (χ0v) is 10.9. The first-order valence-corrected chi connectivity index (χ1v) is 5.80. The molecule has 0 saturated carbocycles. The molecule has 0 nitrogen and oxygen atoms in total. The van der Waals surface area contributed by atoms with Gasteiger partial charge in [-0.15, -0.1) is 0 Å². The summed E-state index contributed by atoms with van der Waals surface area (Å²) in [6.07, 6.45) is 1.15. The zero-order valence-electron chi connectivity index (χ0n) is 10.9.